The van der Waals surface area contributed by atoms with E-state index in [2.05, 4.69) is 5.32 Å². The molecule has 32 heavy (non-hydrogen) atoms. The Morgan fingerprint density at radius 3 is 2.19 bits per heavy atom. The van der Waals surface area contributed by atoms with Gasteiger partial charge >= 0.3 is 0 Å². The Hall–Kier alpha value is -3.35. The van der Waals surface area contributed by atoms with Crippen molar-refractivity contribution in [2.24, 2.45) is 0 Å². The molecule has 0 aliphatic carbocycles. The first kappa shape index (κ1) is 23.3. The number of methoxy groups -OCH3 is 2. The highest BCUT2D eigenvalue weighted by Crippen LogP contribution is 2.33. The number of nitrogens with zero attached hydrogens (tertiary/aromatic N) is 1. The van der Waals surface area contributed by atoms with Crippen LogP contribution in [0.15, 0.2) is 47.4 Å². The minimum Gasteiger partial charge on any atom is -0.493 e. The molecule has 3 aromatic rings. The zero-order chi connectivity index (χ0) is 23.3. The summed E-state index contributed by atoms with van der Waals surface area (Å²) >= 11 is 0. The average molecular weight is 441 g/mol. The number of nitrogens with one attached hydrogen (secondary N) is 1. The summed E-state index contributed by atoms with van der Waals surface area (Å²) in [6, 6.07) is 9.46. The third-order valence-electron chi connectivity index (χ3n) is 5.74. The Morgan fingerprint density at radius 1 is 1.03 bits per heavy atom. The minimum atomic E-state index is -0.294. The SMILES string of the molecule is CCC(CC)n1cc(C(=O)NCCc2ccc(F)cc2)c2cc(OC)c(OC)cc2c1=O. The number of amides is 1. The van der Waals surface area contributed by atoms with Gasteiger partial charge in [-0.05, 0) is 49.1 Å². The number of benzene rings is 2. The van der Waals surface area contributed by atoms with Crippen LogP contribution in [-0.4, -0.2) is 31.2 Å². The van der Waals surface area contributed by atoms with Crippen molar-refractivity contribution in [3.63, 3.8) is 0 Å². The number of halogens is 1. The first-order valence-electron chi connectivity index (χ1n) is 10.8. The molecular weight excluding hydrogens is 411 g/mol. The van der Waals surface area contributed by atoms with Crippen LogP contribution in [0.5, 0.6) is 11.5 Å². The third kappa shape index (κ3) is 4.77. The average Bonchev–Trinajstić information content (AvgIpc) is 2.81. The van der Waals surface area contributed by atoms with E-state index in [1.807, 2.05) is 13.8 Å². The Balaban J connectivity index is 2.02. The van der Waals surface area contributed by atoms with Crippen molar-refractivity contribution < 1.29 is 18.7 Å². The predicted octanol–water partition coefficient (Wildman–Crippen LogP) is 4.49. The monoisotopic (exact) mass is 440 g/mol. The fraction of sp³-hybridized carbons (Fsp3) is 0.360. The van der Waals surface area contributed by atoms with Gasteiger partial charge in [0.1, 0.15) is 5.82 Å². The highest BCUT2D eigenvalue weighted by atomic mass is 19.1. The van der Waals surface area contributed by atoms with Crippen LogP contribution < -0.4 is 20.3 Å². The molecule has 1 amide bonds. The van der Waals surface area contributed by atoms with Crippen molar-refractivity contribution in [1.29, 1.82) is 0 Å². The van der Waals surface area contributed by atoms with Gasteiger partial charge in [-0.15, -0.1) is 0 Å². The van der Waals surface area contributed by atoms with Gasteiger partial charge in [-0.2, -0.15) is 0 Å². The van der Waals surface area contributed by atoms with Crippen molar-refractivity contribution >= 4 is 16.7 Å². The maximum atomic E-state index is 13.3. The molecule has 0 aliphatic heterocycles. The van der Waals surface area contributed by atoms with E-state index in [-0.39, 0.29) is 23.3 Å². The van der Waals surface area contributed by atoms with Gasteiger partial charge in [0.15, 0.2) is 11.5 Å². The lowest BCUT2D eigenvalue weighted by molar-refractivity contribution is 0.0955. The van der Waals surface area contributed by atoms with E-state index in [0.29, 0.717) is 40.8 Å². The molecule has 7 heteroatoms. The van der Waals surface area contributed by atoms with E-state index >= 15 is 0 Å². The topological polar surface area (TPSA) is 69.6 Å². The minimum absolute atomic E-state index is 0.0224. The van der Waals surface area contributed by atoms with Crippen molar-refractivity contribution in [3.8, 4) is 11.5 Å². The number of hydrogen-bond acceptors (Lipinski definition) is 4. The molecule has 6 nitrogen and oxygen atoms in total. The number of rotatable bonds is 9. The van der Waals surface area contributed by atoms with Gasteiger partial charge in [0.25, 0.3) is 11.5 Å². The van der Waals surface area contributed by atoms with Gasteiger partial charge in [-0.25, -0.2) is 4.39 Å². The number of hydrogen-bond donors (Lipinski definition) is 1. The number of aromatic nitrogens is 1. The van der Waals surface area contributed by atoms with Crippen LogP contribution in [0.4, 0.5) is 4.39 Å². The van der Waals surface area contributed by atoms with Gasteiger partial charge in [-0.3, -0.25) is 9.59 Å². The maximum absolute atomic E-state index is 13.3. The molecule has 1 aromatic heterocycles. The number of carbonyl (C=O) groups is 1. The summed E-state index contributed by atoms with van der Waals surface area (Å²) in [5, 5.41) is 3.83. The molecule has 0 atom stereocenters. The van der Waals surface area contributed by atoms with E-state index in [1.165, 1.54) is 26.4 Å². The predicted molar refractivity (Wildman–Crippen MR) is 123 cm³/mol. The lowest BCUT2D eigenvalue weighted by Gasteiger charge is -2.20. The molecule has 3 rings (SSSR count). The number of carbonyl (C=O) groups excluding carboxylic acids is 1. The fourth-order valence-electron chi connectivity index (χ4n) is 3.89. The van der Waals surface area contributed by atoms with Crippen LogP contribution in [0, 0.1) is 5.82 Å². The Kier molecular flexibility index (Phi) is 7.51. The van der Waals surface area contributed by atoms with Gasteiger partial charge in [0, 0.05) is 24.2 Å². The van der Waals surface area contributed by atoms with E-state index in [0.717, 1.165) is 18.4 Å². The zero-order valence-electron chi connectivity index (χ0n) is 18.9. The molecular formula is C25H29FN2O4. The van der Waals surface area contributed by atoms with Crippen LogP contribution in [0.25, 0.3) is 10.8 Å². The van der Waals surface area contributed by atoms with E-state index in [1.54, 1.807) is 35.0 Å². The van der Waals surface area contributed by atoms with E-state index in [9.17, 15) is 14.0 Å². The van der Waals surface area contributed by atoms with Crippen molar-refractivity contribution in [1.82, 2.24) is 9.88 Å². The molecule has 0 saturated carbocycles. The highest BCUT2D eigenvalue weighted by Gasteiger charge is 2.20. The smallest absolute Gasteiger partial charge is 0.258 e. The summed E-state index contributed by atoms with van der Waals surface area (Å²) in [7, 11) is 3.02. The second-order valence-corrected chi connectivity index (χ2v) is 7.61. The molecule has 0 spiro atoms. The molecule has 1 N–H and O–H groups in total. The first-order valence-corrected chi connectivity index (χ1v) is 10.8. The molecule has 0 fully saturated rings. The molecule has 2 aromatic carbocycles. The van der Waals surface area contributed by atoms with Crippen molar-refractivity contribution in [3.05, 3.63) is 69.9 Å². The number of pyridine rings is 1. The highest BCUT2D eigenvalue weighted by molar-refractivity contribution is 6.07. The van der Waals surface area contributed by atoms with Crippen LogP contribution in [0.1, 0.15) is 48.7 Å². The molecule has 0 aliphatic rings. The van der Waals surface area contributed by atoms with Crippen LogP contribution >= 0.6 is 0 Å². The second-order valence-electron chi connectivity index (χ2n) is 7.61. The molecule has 0 saturated heterocycles. The summed E-state index contributed by atoms with van der Waals surface area (Å²) in [5.74, 6) is 0.295. The lowest BCUT2D eigenvalue weighted by atomic mass is 10.0. The van der Waals surface area contributed by atoms with E-state index < -0.39 is 0 Å². The summed E-state index contributed by atoms with van der Waals surface area (Å²) in [6.07, 6.45) is 3.73. The standard InChI is InChI=1S/C25H29FN2O4/c1-5-18(6-2)28-15-21(24(29)27-12-11-16-7-9-17(26)10-8-16)19-13-22(31-3)23(32-4)14-20(19)25(28)30/h7-10,13-15,18H,5-6,11-12H2,1-4H3,(H,27,29). The van der Waals surface area contributed by atoms with Gasteiger partial charge < -0.3 is 19.4 Å². The maximum Gasteiger partial charge on any atom is 0.258 e. The Labute approximate surface area is 187 Å². The van der Waals surface area contributed by atoms with Crippen LogP contribution in [0.3, 0.4) is 0 Å². The molecule has 1 heterocycles. The van der Waals surface area contributed by atoms with Gasteiger partial charge in [0.05, 0.1) is 25.2 Å². The summed E-state index contributed by atoms with van der Waals surface area (Å²) in [4.78, 5) is 26.4. The summed E-state index contributed by atoms with van der Waals surface area (Å²) in [5.41, 5.74) is 1.15. The number of fused-ring (bicyclic) bond motifs is 1. The second kappa shape index (κ2) is 10.3. The summed E-state index contributed by atoms with van der Waals surface area (Å²) in [6.45, 7) is 4.41. The van der Waals surface area contributed by atoms with E-state index in [4.69, 9.17) is 9.47 Å². The van der Waals surface area contributed by atoms with Crippen molar-refractivity contribution in [2.45, 2.75) is 39.2 Å². The third-order valence-corrected chi connectivity index (χ3v) is 5.74. The van der Waals surface area contributed by atoms with Gasteiger partial charge in [-0.1, -0.05) is 26.0 Å². The molecule has 0 unspecified atom stereocenters. The largest absolute Gasteiger partial charge is 0.493 e. The Bertz CT molecular complexity index is 1150. The Morgan fingerprint density at radius 2 is 1.62 bits per heavy atom. The first-order chi connectivity index (χ1) is 15.4. The lowest BCUT2D eigenvalue weighted by Crippen LogP contribution is -2.30. The van der Waals surface area contributed by atoms with Gasteiger partial charge in [0.2, 0.25) is 0 Å². The van der Waals surface area contributed by atoms with Crippen LogP contribution in [-0.2, 0) is 6.42 Å². The normalized spacial score (nSPS) is 11.1. The number of ether oxygens (including phenoxy) is 2. The van der Waals surface area contributed by atoms with Crippen molar-refractivity contribution in [2.75, 3.05) is 20.8 Å². The zero-order valence-corrected chi connectivity index (χ0v) is 18.9. The van der Waals surface area contributed by atoms with Crippen LogP contribution in [0.2, 0.25) is 0 Å². The molecule has 170 valence electrons. The molecule has 0 bridgehead atoms. The quantitative estimate of drug-likeness (QED) is 0.532. The molecule has 0 radical (unpaired) electrons. The summed E-state index contributed by atoms with van der Waals surface area (Å²) < 4.78 is 25.5. The fourth-order valence-corrected chi connectivity index (χ4v) is 3.89.